The lowest BCUT2D eigenvalue weighted by Crippen LogP contribution is -2.42. The van der Waals surface area contributed by atoms with E-state index < -0.39 is 18.2 Å². The summed E-state index contributed by atoms with van der Waals surface area (Å²) in [6.45, 7) is 2.92. The summed E-state index contributed by atoms with van der Waals surface area (Å²) in [5, 5.41) is 11.0. The van der Waals surface area contributed by atoms with E-state index in [1.165, 1.54) is 0 Å². The molecule has 2 aromatic carbocycles. The van der Waals surface area contributed by atoms with Crippen molar-refractivity contribution in [1.29, 1.82) is 0 Å². The number of carbonyl (C=O) groups is 1. The summed E-state index contributed by atoms with van der Waals surface area (Å²) in [5.41, 5.74) is 5.70. The second-order valence-corrected chi connectivity index (χ2v) is 5.42. The molecule has 0 aromatic heterocycles. The molecule has 0 bridgehead atoms. The first kappa shape index (κ1) is 17.0. The first-order valence-electron chi connectivity index (χ1n) is 7.29. The van der Waals surface area contributed by atoms with E-state index in [1.54, 1.807) is 56.3 Å². The Labute approximate surface area is 134 Å². The summed E-state index contributed by atoms with van der Waals surface area (Å²) in [5.74, 6) is -0.314. The molecule has 0 aliphatic carbocycles. The standard InChI is InChI=1S/C18H20FNO3/c1-12-10-15(11-13(2)16(12)23-9-8-19)18(22,17(20)21)14-6-4-3-5-7-14/h3-7,10-11,22H,8-9H2,1-2H3,(H2,20,21). The highest BCUT2D eigenvalue weighted by Gasteiger charge is 2.38. The van der Waals surface area contributed by atoms with E-state index in [0.29, 0.717) is 28.0 Å². The van der Waals surface area contributed by atoms with Crippen molar-refractivity contribution in [3.8, 4) is 5.75 Å². The molecule has 0 spiro atoms. The maximum atomic E-state index is 12.3. The lowest BCUT2D eigenvalue weighted by Gasteiger charge is -2.27. The zero-order chi connectivity index (χ0) is 17.0. The van der Waals surface area contributed by atoms with Crippen LogP contribution in [0.1, 0.15) is 22.3 Å². The van der Waals surface area contributed by atoms with Gasteiger partial charge >= 0.3 is 0 Å². The topological polar surface area (TPSA) is 72.5 Å². The lowest BCUT2D eigenvalue weighted by molar-refractivity contribution is -0.133. The van der Waals surface area contributed by atoms with Crippen LogP contribution in [-0.4, -0.2) is 24.3 Å². The fourth-order valence-electron chi connectivity index (χ4n) is 2.66. The Morgan fingerprint density at radius 2 is 1.74 bits per heavy atom. The van der Waals surface area contributed by atoms with E-state index in [-0.39, 0.29) is 6.61 Å². The van der Waals surface area contributed by atoms with Crippen LogP contribution in [0.3, 0.4) is 0 Å². The fourth-order valence-corrected chi connectivity index (χ4v) is 2.66. The number of ether oxygens (including phenoxy) is 1. The number of rotatable bonds is 6. The Balaban J connectivity index is 2.56. The van der Waals surface area contributed by atoms with Crippen LogP contribution in [0, 0.1) is 13.8 Å². The molecule has 23 heavy (non-hydrogen) atoms. The Morgan fingerprint density at radius 1 is 1.17 bits per heavy atom. The Kier molecular flexibility index (Phi) is 5.01. The molecule has 0 aliphatic rings. The summed E-state index contributed by atoms with van der Waals surface area (Å²) >= 11 is 0. The molecule has 0 heterocycles. The number of hydrogen-bond acceptors (Lipinski definition) is 3. The van der Waals surface area contributed by atoms with Crippen molar-refractivity contribution in [2.75, 3.05) is 13.3 Å². The monoisotopic (exact) mass is 317 g/mol. The molecule has 1 atom stereocenters. The van der Waals surface area contributed by atoms with Crippen molar-refractivity contribution in [2.45, 2.75) is 19.4 Å². The van der Waals surface area contributed by atoms with Gasteiger partial charge in [0.1, 0.15) is 19.0 Å². The third-order valence-electron chi connectivity index (χ3n) is 3.75. The molecule has 0 saturated carbocycles. The van der Waals surface area contributed by atoms with Crippen molar-refractivity contribution in [3.63, 3.8) is 0 Å². The highest BCUT2D eigenvalue weighted by molar-refractivity contribution is 5.88. The highest BCUT2D eigenvalue weighted by Crippen LogP contribution is 2.34. The van der Waals surface area contributed by atoms with Crippen molar-refractivity contribution in [1.82, 2.24) is 0 Å². The summed E-state index contributed by atoms with van der Waals surface area (Å²) in [7, 11) is 0. The van der Waals surface area contributed by atoms with Gasteiger partial charge in [-0.1, -0.05) is 30.3 Å². The van der Waals surface area contributed by atoms with Crippen LogP contribution in [0.25, 0.3) is 0 Å². The smallest absolute Gasteiger partial charge is 0.258 e. The van der Waals surface area contributed by atoms with Crippen molar-refractivity contribution in [3.05, 3.63) is 64.7 Å². The number of aliphatic hydroxyl groups is 1. The van der Waals surface area contributed by atoms with E-state index in [1.807, 2.05) is 0 Å². The van der Waals surface area contributed by atoms with Gasteiger partial charge in [-0.05, 0) is 48.2 Å². The van der Waals surface area contributed by atoms with Crippen LogP contribution in [0.5, 0.6) is 5.75 Å². The number of alkyl halides is 1. The molecule has 2 aromatic rings. The first-order chi connectivity index (χ1) is 10.9. The molecule has 122 valence electrons. The molecule has 3 N–H and O–H groups in total. The van der Waals surface area contributed by atoms with E-state index in [9.17, 15) is 14.3 Å². The van der Waals surface area contributed by atoms with Crippen LogP contribution in [0.2, 0.25) is 0 Å². The second kappa shape index (κ2) is 6.79. The van der Waals surface area contributed by atoms with Crippen LogP contribution >= 0.6 is 0 Å². The molecule has 1 amide bonds. The number of hydrogen-bond donors (Lipinski definition) is 2. The second-order valence-electron chi connectivity index (χ2n) is 5.42. The summed E-state index contributed by atoms with van der Waals surface area (Å²) in [6.07, 6.45) is 0. The van der Waals surface area contributed by atoms with Crippen LogP contribution in [0.4, 0.5) is 4.39 Å². The molecule has 0 saturated heterocycles. The zero-order valence-corrected chi connectivity index (χ0v) is 13.2. The van der Waals surface area contributed by atoms with E-state index in [2.05, 4.69) is 0 Å². The lowest BCUT2D eigenvalue weighted by atomic mass is 9.84. The van der Waals surface area contributed by atoms with E-state index in [4.69, 9.17) is 10.5 Å². The minimum atomic E-state index is -1.94. The van der Waals surface area contributed by atoms with Gasteiger partial charge in [-0.3, -0.25) is 4.79 Å². The third-order valence-corrected chi connectivity index (χ3v) is 3.75. The van der Waals surface area contributed by atoms with Gasteiger partial charge in [0.05, 0.1) is 0 Å². The van der Waals surface area contributed by atoms with Gasteiger partial charge in [0.2, 0.25) is 0 Å². The average Bonchev–Trinajstić information content (AvgIpc) is 2.53. The van der Waals surface area contributed by atoms with Gasteiger partial charge in [0.25, 0.3) is 5.91 Å². The Morgan fingerprint density at radius 3 is 2.22 bits per heavy atom. The molecule has 2 rings (SSSR count). The largest absolute Gasteiger partial charge is 0.490 e. The Bertz CT molecular complexity index is 680. The summed E-state index contributed by atoms with van der Waals surface area (Å²) in [4.78, 5) is 12.0. The minimum absolute atomic E-state index is 0.0419. The van der Waals surface area contributed by atoms with Gasteiger partial charge in [-0.15, -0.1) is 0 Å². The van der Waals surface area contributed by atoms with Crippen molar-refractivity contribution in [2.24, 2.45) is 5.73 Å². The number of carbonyl (C=O) groups excluding carboxylic acids is 1. The number of primary amides is 1. The molecular formula is C18H20FNO3. The molecule has 0 radical (unpaired) electrons. The normalized spacial score (nSPS) is 13.4. The summed E-state index contributed by atoms with van der Waals surface area (Å²) < 4.78 is 17.7. The van der Waals surface area contributed by atoms with Gasteiger partial charge < -0.3 is 15.6 Å². The quantitative estimate of drug-likeness (QED) is 0.859. The van der Waals surface area contributed by atoms with Gasteiger partial charge in [-0.25, -0.2) is 4.39 Å². The van der Waals surface area contributed by atoms with E-state index in [0.717, 1.165) is 0 Å². The van der Waals surface area contributed by atoms with Crippen LogP contribution < -0.4 is 10.5 Å². The molecule has 5 heteroatoms. The van der Waals surface area contributed by atoms with Crippen LogP contribution in [-0.2, 0) is 10.4 Å². The Hall–Kier alpha value is -2.40. The number of benzene rings is 2. The molecule has 0 aliphatic heterocycles. The van der Waals surface area contributed by atoms with Crippen molar-refractivity contribution < 1.29 is 19.0 Å². The van der Waals surface area contributed by atoms with Gasteiger partial charge in [0, 0.05) is 0 Å². The summed E-state index contributed by atoms with van der Waals surface area (Å²) in [6, 6.07) is 11.8. The predicted octanol–water partition coefficient (Wildman–Crippen LogP) is 2.37. The van der Waals surface area contributed by atoms with Crippen molar-refractivity contribution >= 4 is 5.91 Å². The average molecular weight is 317 g/mol. The third kappa shape index (κ3) is 3.19. The number of aryl methyl sites for hydroxylation is 2. The maximum absolute atomic E-state index is 12.3. The fraction of sp³-hybridized carbons (Fsp3) is 0.278. The first-order valence-corrected chi connectivity index (χ1v) is 7.29. The number of halogens is 1. The molecule has 0 fully saturated rings. The SMILES string of the molecule is Cc1cc(C(O)(C(N)=O)c2ccccc2)cc(C)c1OCCF. The highest BCUT2D eigenvalue weighted by atomic mass is 19.1. The predicted molar refractivity (Wildman–Crippen MR) is 86.0 cm³/mol. The molecule has 1 unspecified atom stereocenters. The zero-order valence-electron chi connectivity index (χ0n) is 13.2. The van der Waals surface area contributed by atoms with Gasteiger partial charge in [-0.2, -0.15) is 0 Å². The van der Waals surface area contributed by atoms with Gasteiger partial charge in [0.15, 0.2) is 5.60 Å². The van der Waals surface area contributed by atoms with E-state index >= 15 is 0 Å². The number of amides is 1. The minimum Gasteiger partial charge on any atom is -0.490 e. The van der Waals surface area contributed by atoms with Crippen LogP contribution in [0.15, 0.2) is 42.5 Å². The molecule has 4 nitrogen and oxygen atoms in total. The number of nitrogens with two attached hydrogens (primary N) is 1. The molecular weight excluding hydrogens is 297 g/mol. The maximum Gasteiger partial charge on any atom is 0.258 e.